The van der Waals surface area contributed by atoms with Gasteiger partial charge >= 0.3 is 0 Å². The molecule has 12 aromatic carbocycles. The van der Waals surface area contributed by atoms with Gasteiger partial charge in [0.2, 0.25) is 0 Å². The highest BCUT2D eigenvalue weighted by molar-refractivity contribution is 7.00. The smallest absolute Gasteiger partial charge is 0.252 e. The van der Waals surface area contributed by atoms with Gasteiger partial charge in [0.1, 0.15) is 0 Å². The highest BCUT2D eigenvalue weighted by atomic mass is 15.0. The molecule has 0 unspecified atom stereocenters. The summed E-state index contributed by atoms with van der Waals surface area (Å²) in [5.74, 6) is 0. The van der Waals surface area contributed by atoms with E-state index in [4.69, 9.17) is 4.98 Å². The van der Waals surface area contributed by atoms with Crippen LogP contribution in [0.3, 0.4) is 0 Å². The number of rotatable bonds is 8. The van der Waals surface area contributed by atoms with E-state index in [0.717, 1.165) is 33.9 Å². The summed E-state index contributed by atoms with van der Waals surface area (Å²) < 4.78 is 5.31. The summed E-state index contributed by atoms with van der Waals surface area (Å²) >= 11 is 0. The summed E-state index contributed by atoms with van der Waals surface area (Å²) in [6.07, 6.45) is 0. The Morgan fingerprint density at radius 2 is 0.593 bits per heavy atom. The zero-order chi connectivity index (χ0) is 53.1. The number of nitrogens with zero attached hydrogens (tertiary/aromatic N) is 3. The van der Waals surface area contributed by atoms with Gasteiger partial charge in [0.05, 0.1) is 33.5 Å². The van der Waals surface area contributed by atoms with Crippen LogP contribution in [0.15, 0.2) is 291 Å². The maximum atomic E-state index is 5.57. The Hall–Kier alpha value is -10.5. The van der Waals surface area contributed by atoms with E-state index in [0.29, 0.717) is 0 Å². The molecule has 0 saturated heterocycles. The Kier molecular flexibility index (Phi) is 10.1. The van der Waals surface area contributed by atoms with Crippen LogP contribution in [0.5, 0.6) is 0 Å². The van der Waals surface area contributed by atoms with Gasteiger partial charge < -0.3 is 9.13 Å². The maximum absolute atomic E-state index is 5.57. The molecule has 0 fully saturated rings. The van der Waals surface area contributed by atoms with Crippen LogP contribution >= 0.6 is 0 Å². The lowest BCUT2D eigenvalue weighted by Gasteiger charge is -2.34. The molecule has 81 heavy (non-hydrogen) atoms. The predicted octanol–water partition coefficient (Wildman–Crippen LogP) is 17.8. The molecule has 3 nitrogen and oxygen atoms in total. The lowest BCUT2D eigenvalue weighted by molar-refractivity contribution is 1.14. The van der Waals surface area contributed by atoms with E-state index in [1.54, 1.807) is 0 Å². The van der Waals surface area contributed by atoms with Crippen molar-refractivity contribution in [2.45, 2.75) is 0 Å². The number of aromatic nitrogens is 3. The van der Waals surface area contributed by atoms with Crippen LogP contribution in [0.25, 0.3) is 144 Å². The van der Waals surface area contributed by atoms with Crippen molar-refractivity contribution >= 4 is 66.7 Å². The Balaban J connectivity index is 1.09. The van der Waals surface area contributed by atoms with Gasteiger partial charge in [0, 0.05) is 44.0 Å². The normalized spacial score (nSPS) is 12.2. The van der Waals surface area contributed by atoms with Crippen molar-refractivity contribution in [1.29, 1.82) is 0 Å². The minimum absolute atomic E-state index is 0.122. The zero-order valence-electron chi connectivity index (χ0n) is 44.1. The molecule has 0 radical (unpaired) electrons. The van der Waals surface area contributed by atoms with Crippen molar-refractivity contribution < 1.29 is 0 Å². The highest BCUT2D eigenvalue weighted by Gasteiger charge is 2.43. The molecule has 17 rings (SSSR count). The van der Waals surface area contributed by atoms with Crippen LogP contribution in [0.4, 0.5) is 0 Å². The molecule has 0 bridgehead atoms. The van der Waals surface area contributed by atoms with Crippen molar-refractivity contribution in [3.63, 3.8) is 0 Å². The highest BCUT2D eigenvalue weighted by Crippen LogP contribution is 2.50. The average Bonchev–Trinajstić information content (AvgIpc) is 3.24. The van der Waals surface area contributed by atoms with Gasteiger partial charge in [-0.2, -0.15) is 0 Å². The van der Waals surface area contributed by atoms with Crippen molar-refractivity contribution in [3.05, 3.63) is 291 Å². The standard InChI is InChI=1S/C77H48BN3/c1-8-23-49(24-9-1)56-43-61(53-31-16-5-17-32-53)71-67(45-56)80-69-47-58(66-38-22-37-65(79-66)55-35-20-7-21-36-55)48-70-75(69)78(63-41-39-59(73(71)76(63)80)51-27-12-3-13-28-51)64-42-40-60(52-29-14-4-15-30-52)74-72-62(54-33-18-6-19-34-54)44-57(50-25-10-2-11-26-50)46-68(72)81(70)77(64)74/h1-48H. The molecule has 2 aliphatic heterocycles. The summed E-state index contributed by atoms with van der Waals surface area (Å²) in [5.41, 5.74) is 29.3. The van der Waals surface area contributed by atoms with Crippen LogP contribution in [0.2, 0.25) is 0 Å². The fourth-order valence-electron chi connectivity index (χ4n) is 13.8. The lowest BCUT2D eigenvalue weighted by Crippen LogP contribution is -2.59. The van der Waals surface area contributed by atoms with Crippen molar-refractivity contribution in [3.8, 4) is 101 Å². The number of benzene rings is 12. The monoisotopic (exact) mass is 1030 g/mol. The topological polar surface area (TPSA) is 22.8 Å². The summed E-state index contributed by atoms with van der Waals surface area (Å²) in [4.78, 5) is 5.57. The molecule has 374 valence electrons. The van der Waals surface area contributed by atoms with E-state index in [1.165, 1.54) is 127 Å². The predicted molar refractivity (Wildman–Crippen MR) is 341 cm³/mol. The van der Waals surface area contributed by atoms with Crippen LogP contribution in [0, 0.1) is 0 Å². The van der Waals surface area contributed by atoms with E-state index in [9.17, 15) is 0 Å². The van der Waals surface area contributed by atoms with Gasteiger partial charge in [-0.05, 0) is 132 Å². The Bertz CT molecular complexity index is 4720. The third-order valence-electron chi connectivity index (χ3n) is 17.3. The summed E-state index contributed by atoms with van der Waals surface area (Å²) in [6, 6.07) is 108. The molecule has 0 atom stereocenters. The quantitative estimate of drug-likeness (QED) is 0.139. The molecule has 2 aliphatic rings. The average molecular weight is 1030 g/mol. The number of pyridine rings is 1. The van der Waals surface area contributed by atoms with Gasteiger partial charge in [-0.1, -0.05) is 243 Å². The molecule has 4 heteroatoms. The second-order valence-electron chi connectivity index (χ2n) is 21.7. The molecule has 3 aromatic heterocycles. The largest absolute Gasteiger partial charge is 0.310 e. The molecule has 5 heterocycles. The summed E-state index contributed by atoms with van der Waals surface area (Å²) in [5, 5.41) is 5.01. The Labute approximate surface area is 470 Å². The van der Waals surface area contributed by atoms with E-state index < -0.39 is 0 Å². The Morgan fingerprint density at radius 1 is 0.247 bits per heavy atom. The summed E-state index contributed by atoms with van der Waals surface area (Å²) in [6.45, 7) is -0.122. The van der Waals surface area contributed by atoms with E-state index in [1.807, 2.05) is 0 Å². The molecular weight excluding hydrogens is 978 g/mol. The number of fused-ring (bicyclic) bond motifs is 10. The molecule has 0 aliphatic carbocycles. The van der Waals surface area contributed by atoms with E-state index >= 15 is 0 Å². The third-order valence-corrected chi connectivity index (χ3v) is 17.3. The van der Waals surface area contributed by atoms with Crippen molar-refractivity contribution in [1.82, 2.24) is 14.1 Å². The lowest BCUT2D eigenvalue weighted by atomic mass is 9.34. The van der Waals surface area contributed by atoms with Crippen molar-refractivity contribution in [2.24, 2.45) is 0 Å². The first-order chi connectivity index (χ1) is 40.2. The van der Waals surface area contributed by atoms with E-state index in [2.05, 4.69) is 300 Å². The third kappa shape index (κ3) is 6.94. The SMILES string of the molecule is c1ccc(-c2cc(-c3ccccc3)c3c4c(-c5ccccc5)ccc5c4n(c3c2)-c2cc(-c3cccc(-c4ccccc4)n3)cc3c2B5c2ccc(-c4ccccc4)c4c5c(-c6ccccc6)cc(-c6ccccc6)cc5n-3c24)cc1. The van der Waals surface area contributed by atoms with Gasteiger partial charge in [-0.15, -0.1) is 0 Å². The maximum Gasteiger partial charge on any atom is 0.252 e. The Morgan fingerprint density at radius 3 is 0.988 bits per heavy atom. The van der Waals surface area contributed by atoms with Gasteiger partial charge in [0.25, 0.3) is 6.71 Å². The molecule has 0 spiro atoms. The first kappa shape index (κ1) is 45.5. The van der Waals surface area contributed by atoms with Crippen LogP contribution in [-0.2, 0) is 0 Å². The first-order valence-corrected chi connectivity index (χ1v) is 28.1. The zero-order valence-corrected chi connectivity index (χ0v) is 44.1. The fraction of sp³-hybridized carbons (Fsp3) is 0. The van der Waals surface area contributed by atoms with Gasteiger partial charge in [-0.3, -0.25) is 0 Å². The number of hydrogen-bond donors (Lipinski definition) is 0. The minimum Gasteiger partial charge on any atom is -0.310 e. The fourth-order valence-corrected chi connectivity index (χ4v) is 13.8. The van der Waals surface area contributed by atoms with Gasteiger partial charge in [-0.25, -0.2) is 4.98 Å². The van der Waals surface area contributed by atoms with E-state index in [-0.39, 0.29) is 6.71 Å². The number of hydrogen-bond acceptors (Lipinski definition) is 1. The molecule has 0 saturated carbocycles. The second-order valence-corrected chi connectivity index (χ2v) is 21.7. The molecular formula is C77H48BN3. The molecule has 0 N–H and O–H groups in total. The van der Waals surface area contributed by atoms with Crippen LogP contribution < -0.4 is 16.4 Å². The van der Waals surface area contributed by atoms with Gasteiger partial charge in [0.15, 0.2) is 0 Å². The van der Waals surface area contributed by atoms with Crippen LogP contribution in [0.1, 0.15) is 0 Å². The minimum atomic E-state index is -0.122. The molecule has 15 aromatic rings. The summed E-state index contributed by atoms with van der Waals surface area (Å²) in [7, 11) is 0. The first-order valence-electron chi connectivity index (χ1n) is 28.1. The second kappa shape index (κ2) is 18.0. The molecule has 0 amide bonds. The van der Waals surface area contributed by atoms with Crippen molar-refractivity contribution in [2.75, 3.05) is 0 Å². The van der Waals surface area contributed by atoms with Crippen LogP contribution in [-0.4, -0.2) is 20.8 Å².